The molecule has 6 nitrogen and oxygen atoms in total. The van der Waals surface area contributed by atoms with Crippen molar-refractivity contribution >= 4 is 33.8 Å². The molecule has 0 radical (unpaired) electrons. The number of amides is 1. The van der Waals surface area contributed by atoms with Crippen molar-refractivity contribution in [2.45, 2.75) is 44.8 Å². The first-order valence-corrected chi connectivity index (χ1v) is 12.0. The maximum Gasteiger partial charge on any atom is 0.410 e. The summed E-state index contributed by atoms with van der Waals surface area (Å²) in [5.74, 6) is -5.47. The third-order valence-corrected chi connectivity index (χ3v) is 5.91. The highest BCUT2D eigenvalue weighted by Gasteiger charge is 2.39. The van der Waals surface area contributed by atoms with Crippen LogP contribution in [0.3, 0.4) is 0 Å². The topological polar surface area (TPSA) is 72.9 Å². The molecule has 1 saturated heterocycles. The Hall–Kier alpha value is -3.07. The number of ketones is 1. The summed E-state index contributed by atoms with van der Waals surface area (Å²) in [6, 6.07) is 11.7. The molecule has 0 N–H and O–H groups in total. The Bertz CT molecular complexity index is 1100. The number of hydrogen-bond acceptors (Lipinski definition) is 5. The molecule has 0 spiro atoms. The summed E-state index contributed by atoms with van der Waals surface area (Å²) >= 11 is 3.13. The highest BCUT2D eigenvalue weighted by Crippen LogP contribution is 2.31. The van der Waals surface area contributed by atoms with Crippen LogP contribution >= 0.6 is 15.9 Å². The Morgan fingerprint density at radius 2 is 1.94 bits per heavy atom. The number of cyclic esters (lactones) is 1. The zero-order valence-electron chi connectivity index (χ0n) is 19.4. The van der Waals surface area contributed by atoms with Crippen molar-refractivity contribution in [3.63, 3.8) is 0 Å². The molecular weight excluding hydrogens is 524 g/mol. The first kappa shape index (κ1) is 26.5. The van der Waals surface area contributed by atoms with Gasteiger partial charge in [-0.2, -0.15) is 8.78 Å². The van der Waals surface area contributed by atoms with Crippen molar-refractivity contribution in [1.82, 2.24) is 4.90 Å². The van der Waals surface area contributed by atoms with Gasteiger partial charge in [0.1, 0.15) is 0 Å². The highest BCUT2D eigenvalue weighted by atomic mass is 79.9. The number of hydrogen-bond donors (Lipinski definition) is 0. The number of carbonyl (C=O) groups is 3. The first-order valence-electron chi connectivity index (χ1n) is 11.2. The van der Waals surface area contributed by atoms with Crippen LogP contribution in [0.1, 0.15) is 41.8 Å². The van der Waals surface area contributed by atoms with E-state index in [-0.39, 0.29) is 19.3 Å². The molecule has 0 aromatic heterocycles. The van der Waals surface area contributed by atoms with Crippen molar-refractivity contribution in [3.8, 4) is 0 Å². The predicted octanol–water partition coefficient (Wildman–Crippen LogP) is 5.69. The average molecular weight is 550 g/mol. The van der Waals surface area contributed by atoms with Crippen LogP contribution in [0, 0.1) is 0 Å². The van der Waals surface area contributed by atoms with Crippen LogP contribution in [0.5, 0.6) is 0 Å². The third kappa shape index (κ3) is 6.97. The monoisotopic (exact) mass is 549 g/mol. The van der Waals surface area contributed by atoms with Gasteiger partial charge in [-0.15, -0.1) is 0 Å². The summed E-state index contributed by atoms with van der Waals surface area (Å²) < 4.78 is 40.0. The van der Waals surface area contributed by atoms with E-state index in [0.29, 0.717) is 22.9 Å². The Balaban J connectivity index is 1.65. The first-order chi connectivity index (χ1) is 16.6. The maximum atomic E-state index is 14.6. The Labute approximate surface area is 211 Å². The number of carbonyl (C=O) groups excluding carboxylic acids is 3. The fourth-order valence-electron chi connectivity index (χ4n) is 3.57. The fraction of sp³-hybridized carbons (Fsp3) is 0.346. The number of esters is 1. The predicted molar refractivity (Wildman–Crippen MR) is 129 cm³/mol. The highest BCUT2D eigenvalue weighted by molar-refractivity contribution is 9.10. The van der Waals surface area contributed by atoms with Gasteiger partial charge in [0.05, 0.1) is 24.3 Å². The minimum absolute atomic E-state index is 0.132. The van der Waals surface area contributed by atoms with Gasteiger partial charge in [0.2, 0.25) is 5.78 Å². The molecule has 0 unspecified atom stereocenters. The largest absolute Gasteiger partial charge is 0.459 e. The minimum Gasteiger partial charge on any atom is -0.459 e. The van der Waals surface area contributed by atoms with Crippen molar-refractivity contribution in [2.24, 2.45) is 0 Å². The van der Waals surface area contributed by atoms with Gasteiger partial charge < -0.3 is 14.4 Å². The van der Waals surface area contributed by atoms with E-state index in [1.807, 2.05) is 0 Å². The molecule has 1 aliphatic heterocycles. The van der Waals surface area contributed by atoms with Gasteiger partial charge in [0.15, 0.2) is 0 Å². The van der Waals surface area contributed by atoms with E-state index in [9.17, 15) is 23.2 Å². The molecule has 0 bridgehead atoms. The van der Waals surface area contributed by atoms with E-state index in [4.69, 9.17) is 9.47 Å². The lowest BCUT2D eigenvalue weighted by atomic mass is 10.0. The summed E-state index contributed by atoms with van der Waals surface area (Å²) in [6.07, 6.45) is 2.19. The van der Waals surface area contributed by atoms with Crippen LogP contribution in [0.25, 0.3) is 0 Å². The number of ether oxygens (including phenoxy) is 2. The SMILES string of the molecule is CC(C)OC(=O)c1ccc(CCN2C(=O)OCC[C@@H]2C=CC(=O)C(F)(F)c2cccc(Br)c2)cc1. The molecule has 0 aliphatic carbocycles. The van der Waals surface area contributed by atoms with Crippen molar-refractivity contribution in [3.05, 3.63) is 81.8 Å². The molecule has 1 fully saturated rings. The molecule has 0 saturated carbocycles. The van der Waals surface area contributed by atoms with Crippen LogP contribution in [-0.2, 0) is 26.6 Å². The molecule has 3 rings (SSSR count). The number of rotatable bonds is 9. The van der Waals surface area contributed by atoms with Crippen molar-refractivity contribution in [2.75, 3.05) is 13.2 Å². The molecule has 1 heterocycles. The smallest absolute Gasteiger partial charge is 0.410 e. The van der Waals surface area contributed by atoms with Crippen molar-refractivity contribution < 1.29 is 32.6 Å². The number of halogens is 3. The van der Waals surface area contributed by atoms with Gasteiger partial charge in [-0.3, -0.25) is 4.79 Å². The van der Waals surface area contributed by atoms with E-state index < -0.39 is 35.4 Å². The molecule has 2 aromatic rings. The maximum absolute atomic E-state index is 14.6. The number of alkyl halides is 2. The number of allylic oxidation sites excluding steroid dienone is 1. The molecule has 2 aromatic carbocycles. The van der Waals surface area contributed by atoms with Gasteiger partial charge in [-0.25, -0.2) is 9.59 Å². The van der Waals surface area contributed by atoms with Crippen molar-refractivity contribution in [1.29, 1.82) is 0 Å². The molecular formula is C26H26BrF2NO5. The van der Waals surface area contributed by atoms with Crippen LogP contribution in [0.15, 0.2) is 65.2 Å². The minimum atomic E-state index is -3.70. The van der Waals surface area contributed by atoms with Gasteiger partial charge >= 0.3 is 18.0 Å². The fourth-order valence-corrected chi connectivity index (χ4v) is 3.97. The van der Waals surface area contributed by atoms with Gasteiger partial charge in [-0.05, 0) is 56.2 Å². The normalized spacial score (nSPS) is 16.5. The molecule has 1 amide bonds. The van der Waals surface area contributed by atoms with E-state index in [2.05, 4.69) is 15.9 Å². The molecule has 9 heteroatoms. The van der Waals surface area contributed by atoms with Gasteiger partial charge in [0, 0.05) is 23.0 Å². The summed E-state index contributed by atoms with van der Waals surface area (Å²) in [5.41, 5.74) is 0.872. The average Bonchev–Trinajstić information content (AvgIpc) is 2.81. The van der Waals surface area contributed by atoms with Crippen LogP contribution in [-0.4, -0.2) is 48.0 Å². The van der Waals surface area contributed by atoms with E-state index in [1.165, 1.54) is 29.2 Å². The van der Waals surface area contributed by atoms with Gasteiger partial charge in [-0.1, -0.05) is 46.3 Å². The summed E-state index contributed by atoms with van der Waals surface area (Å²) in [6.45, 7) is 3.92. The lowest BCUT2D eigenvalue weighted by Gasteiger charge is -2.33. The second kappa shape index (κ2) is 11.6. The summed E-state index contributed by atoms with van der Waals surface area (Å²) in [4.78, 5) is 38.0. The van der Waals surface area contributed by atoms with Crippen LogP contribution < -0.4 is 0 Å². The summed E-state index contributed by atoms with van der Waals surface area (Å²) in [5, 5.41) is 0. The second-order valence-electron chi connectivity index (χ2n) is 8.37. The van der Waals surface area contributed by atoms with E-state index in [1.54, 1.807) is 44.2 Å². The third-order valence-electron chi connectivity index (χ3n) is 5.41. The Morgan fingerprint density at radius 3 is 2.60 bits per heavy atom. The second-order valence-corrected chi connectivity index (χ2v) is 9.29. The molecule has 35 heavy (non-hydrogen) atoms. The molecule has 1 aliphatic rings. The number of nitrogens with zero attached hydrogens (tertiary/aromatic N) is 1. The summed E-state index contributed by atoms with van der Waals surface area (Å²) in [7, 11) is 0. The lowest BCUT2D eigenvalue weighted by molar-refractivity contribution is -0.139. The Morgan fingerprint density at radius 1 is 1.23 bits per heavy atom. The van der Waals surface area contributed by atoms with E-state index in [0.717, 1.165) is 11.6 Å². The zero-order chi connectivity index (χ0) is 25.6. The lowest BCUT2D eigenvalue weighted by Crippen LogP contribution is -2.45. The molecule has 186 valence electrons. The van der Waals surface area contributed by atoms with E-state index >= 15 is 0 Å². The van der Waals surface area contributed by atoms with Crippen LogP contribution in [0.4, 0.5) is 13.6 Å². The standard InChI is InChI=1S/C26H26BrF2NO5/c1-17(2)35-24(32)19-8-6-18(7-9-19)12-14-30-22(13-15-34-25(30)33)10-11-23(31)26(28,29)20-4-3-5-21(27)16-20/h3-11,16-17,22H,12-15H2,1-2H3/t22-/m0/s1. The molecule has 1 atom stereocenters. The zero-order valence-corrected chi connectivity index (χ0v) is 21.0. The van der Waals surface area contributed by atoms with Crippen LogP contribution in [0.2, 0.25) is 0 Å². The van der Waals surface area contributed by atoms with Gasteiger partial charge in [0.25, 0.3) is 0 Å². The number of benzene rings is 2. The Kier molecular flexibility index (Phi) is 8.77. The quantitative estimate of drug-likeness (QED) is 0.297.